The van der Waals surface area contributed by atoms with E-state index < -0.39 is 0 Å². The monoisotopic (exact) mass is 218 g/mol. The summed E-state index contributed by atoms with van der Waals surface area (Å²) in [6.07, 6.45) is 2.57. The van der Waals surface area contributed by atoms with Crippen molar-refractivity contribution in [3.05, 3.63) is 34.9 Å². The van der Waals surface area contributed by atoms with Gasteiger partial charge in [-0.05, 0) is 36.7 Å². The number of benzene rings is 1. The van der Waals surface area contributed by atoms with Crippen LogP contribution in [0, 0.1) is 0 Å². The Kier molecular flexibility index (Phi) is 3.97. The minimum atomic E-state index is 1.04. The molecule has 1 aliphatic heterocycles. The summed E-state index contributed by atoms with van der Waals surface area (Å²) in [6, 6.07) is 6.91. The molecule has 1 aromatic rings. The Balaban J connectivity index is 1.94. The van der Waals surface area contributed by atoms with Crippen LogP contribution in [-0.4, -0.2) is 18.5 Å². The number of nitrogens with one attached hydrogen (secondary N) is 1. The molecule has 0 saturated heterocycles. The highest BCUT2D eigenvalue weighted by molar-refractivity contribution is 5.34. The zero-order valence-corrected chi connectivity index (χ0v) is 10.4. The Morgan fingerprint density at radius 1 is 1.25 bits per heavy atom. The third-order valence-corrected chi connectivity index (χ3v) is 3.25. The average molecular weight is 218 g/mol. The highest BCUT2D eigenvalue weighted by atomic mass is 15.1. The summed E-state index contributed by atoms with van der Waals surface area (Å²) in [5.41, 5.74) is 4.41. The molecule has 0 radical (unpaired) electrons. The number of fused-ring (bicyclic) bond motifs is 1. The number of hydrogen-bond donors (Lipinski definition) is 1. The van der Waals surface area contributed by atoms with Crippen LogP contribution in [0.3, 0.4) is 0 Å². The number of nitrogens with zero attached hydrogens (tertiary/aromatic N) is 1. The van der Waals surface area contributed by atoms with Gasteiger partial charge in [-0.15, -0.1) is 0 Å². The van der Waals surface area contributed by atoms with E-state index in [1.165, 1.54) is 36.1 Å². The Morgan fingerprint density at radius 2 is 2.06 bits per heavy atom. The fourth-order valence-corrected chi connectivity index (χ4v) is 2.27. The van der Waals surface area contributed by atoms with Gasteiger partial charge in [0.25, 0.3) is 0 Å². The van der Waals surface area contributed by atoms with Crippen LogP contribution < -0.4 is 5.32 Å². The second kappa shape index (κ2) is 5.46. The normalized spacial score (nSPS) is 14.4. The van der Waals surface area contributed by atoms with Crippen LogP contribution in [0.2, 0.25) is 0 Å². The molecular formula is C14H22N2. The van der Waals surface area contributed by atoms with Crippen LogP contribution >= 0.6 is 0 Å². The molecule has 2 heteroatoms. The molecule has 0 aromatic heterocycles. The van der Waals surface area contributed by atoms with Crippen molar-refractivity contribution >= 4 is 0 Å². The Bertz CT molecular complexity index is 347. The van der Waals surface area contributed by atoms with Crippen molar-refractivity contribution in [2.75, 3.05) is 13.6 Å². The first-order valence-corrected chi connectivity index (χ1v) is 6.29. The van der Waals surface area contributed by atoms with Crippen LogP contribution in [0.15, 0.2) is 18.2 Å². The summed E-state index contributed by atoms with van der Waals surface area (Å²) in [5.74, 6) is 0. The molecule has 1 heterocycles. The summed E-state index contributed by atoms with van der Waals surface area (Å²) >= 11 is 0. The van der Waals surface area contributed by atoms with Crippen molar-refractivity contribution in [3.63, 3.8) is 0 Å². The van der Waals surface area contributed by atoms with Gasteiger partial charge >= 0.3 is 0 Å². The summed E-state index contributed by atoms with van der Waals surface area (Å²) in [4.78, 5) is 2.41. The van der Waals surface area contributed by atoms with E-state index in [-0.39, 0.29) is 0 Å². The predicted molar refractivity (Wildman–Crippen MR) is 68.2 cm³/mol. The topological polar surface area (TPSA) is 15.3 Å². The van der Waals surface area contributed by atoms with E-state index >= 15 is 0 Å². The van der Waals surface area contributed by atoms with Crippen LogP contribution in [0.5, 0.6) is 0 Å². The highest BCUT2D eigenvalue weighted by Crippen LogP contribution is 2.17. The number of rotatable bonds is 5. The zero-order valence-electron chi connectivity index (χ0n) is 10.4. The molecule has 0 saturated carbocycles. The second-order valence-corrected chi connectivity index (χ2v) is 4.80. The SMILES string of the molecule is CCCCN(C)Cc1ccc2c(c1)CNC2. The Morgan fingerprint density at radius 3 is 2.88 bits per heavy atom. The van der Waals surface area contributed by atoms with Gasteiger partial charge in [-0.1, -0.05) is 31.5 Å². The molecule has 1 N–H and O–H groups in total. The van der Waals surface area contributed by atoms with Gasteiger partial charge in [0.2, 0.25) is 0 Å². The summed E-state index contributed by atoms with van der Waals surface area (Å²) < 4.78 is 0. The second-order valence-electron chi connectivity index (χ2n) is 4.80. The van der Waals surface area contributed by atoms with Gasteiger partial charge in [0.15, 0.2) is 0 Å². The number of unbranched alkanes of at least 4 members (excludes halogenated alkanes) is 1. The van der Waals surface area contributed by atoms with Crippen molar-refractivity contribution in [2.24, 2.45) is 0 Å². The molecule has 0 atom stereocenters. The summed E-state index contributed by atoms with van der Waals surface area (Å²) in [7, 11) is 2.21. The van der Waals surface area contributed by atoms with Gasteiger partial charge < -0.3 is 10.2 Å². The van der Waals surface area contributed by atoms with Crippen molar-refractivity contribution in [3.8, 4) is 0 Å². The molecule has 16 heavy (non-hydrogen) atoms. The minimum Gasteiger partial charge on any atom is -0.309 e. The molecule has 1 aliphatic rings. The van der Waals surface area contributed by atoms with E-state index in [4.69, 9.17) is 0 Å². The van der Waals surface area contributed by atoms with Gasteiger partial charge in [-0.25, -0.2) is 0 Å². The molecule has 0 bridgehead atoms. The molecule has 0 fully saturated rings. The Labute approximate surface area is 98.7 Å². The summed E-state index contributed by atoms with van der Waals surface area (Å²) in [6.45, 7) is 6.61. The lowest BCUT2D eigenvalue weighted by Crippen LogP contribution is -2.18. The fourth-order valence-electron chi connectivity index (χ4n) is 2.27. The molecule has 0 aliphatic carbocycles. The minimum absolute atomic E-state index is 1.04. The fraction of sp³-hybridized carbons (Fsp3) is 0.571. The molecule has 0 spiro atoms. The van der Waals surface area contributed by atoms with E-state index in [1.54, 1.807) is 0 Å². The number of hydrogen-bond acceptors (Lipinski definition) is 2. The molecule has 0 amide bonds. The average Bonchev–Trinajstić information content (AvgIpc) is 2.73. The quantitative estimate of drug-likeness (QED) is 0.817. The lowest BCUT2D eigenvalue weighted by Gasteiger charge is -2.16. The van der Waals surface area contributed by atoms with Crippen molar-refractivity contribution in [1.29, 1.82) is 0 Å². The van der Waals surface area contributed by atoms with E-state index in [1.807, 2.05) is 0 Å². The summed E-state index contributed by atoms with van der Waals surface area (Å²) in [5, 5.41) is 3.39. The maximum absolute atomic E-state index is 3.39. The van der Waals surface area contributed by atoms with Crippen LogP contribution in [0.1, 0.15) is 36.5 Å². The Hall–Kier alpha value is -0.860. The molecule has 1 aromatic carbocycles. The van der Waals surface area contributed by atoms with Crippen molar-refractivity contribution < 1.29 is 0 Å². The maximum Gasteiger partial charge on any atom is 0.0230 e. The first kappa shape index (κ1) is 11.6. The highest BCUT2D eigenvalue weighted by Gasteiger charge is 2.10. The smallest absolute Gasteiger partial charge is 0.0230 e. The van der Waals surface area contributed by atoms with E-state index in [0.717, 1.165) is 19.6 Å². The van der Waals surface area contributed by atoms with Crippen molar-refractivity contribution in [1.82, 2.24) is 10.2 Å². The van der Waals surface area contributed by atoms with Gasteiger partial charge in [0.1, 0.15) is 0 Å². The van der Waals surface area contributed by atoms with Gasteiger partial charge in [0.05, 0.1) is 0 Å². The largest absolute Gasteiger partial charge is 0.309 e. The van der Waals surface area contributed by atoms with E-state index in [0.29, 0.717) is 0 Å². The third-order valence-electron chi connectivity index (χ3n) is 3.25. The lowest BCUT2D eigenvalue weighted by molar-refractivity contribution is 0.321. The van der Waals surface area contributed by atoms with Gasteiger partial charge in [-0.3, -0.25) is 0 Å². The maximum atomic E-state index is 3.39. The predicted octanol–water partition coefficient (Wildman–Crippen LogP) is 2.52. The molecule has 2 rings (SSSR count). The lowest BCUT2D eigenvalue weighted by atomic mass is 10.1. The molecule has 88 valence electrons. The van der Waals surface area contributed by atoms with Crippen LogP contribution in [-0.2, 0) is 19.6 Å². The van der Waals surface area contributed by atoms with Crippen LogP contribution in [0.25, 0.3) is 0 Å². The van der Waals surface area contributed by atoms with Gasteiger partial charge in [-0.2, -0.15) is 0 Å². The molecular weight excluding hydrogens is 196 g/mol. The molecule has 2 nitrogen and oxygen atoms in total. The van der Waals surface area contributed by atoms with E-state index in [2.05, 4.69) is 42.4 Å². The van der Waals surface area contributed by atoms with Crippen molar-refractivity contribution in [2.45, 2.75) is 39.4 Å². The standard InChI is InChI=1S/C14H22N2/c1-3-4-7-16(2)11-12-5-6-13-9-15-10-14(13)8-12/h5-6,8,15H,3-4,7,9-11H2,1-2H3. The molecule has 0 unspecified atom stereocenters. The van der Waals surface area contributed by atoms with Crippen LogP contribution in [0.4, 0.5) is 0 Å². The third kappa shape index (κ3) is 2.83. The zero-order chi connectivity index (χ0) is 11.4. The first-order valence-electron chi connectivity index (χ1n) is 6.29. The van der Waals surface area contributed by atoms with Gasteiger partial charge in [0, 0.05) is 19.6 Å². The van der Waals surface area contributed by atoms with E-state index in [9.17, 15) is 0 Å². The first-order chi connectivity index (χ1) is 7.79.